The normalized spacial score (nSPS) is 20.5. The molecular weight excluding hydrogens is 350 g/mol. The van der Waals surface area contributed by atoms with Gasteiger partial charge >= 0.3 is 0 Å². The molecule has 142 valence electrons. The van der Waals surface area contributed by atoms with E-state index in [0.717, 1.165) is 54.5 Å². The van der Waals surface area contributed by atoms with Crippen LogP contribution in [-0.2, 0) is 4.74 Å². The first kappa shape index (κ1) is 19.4. The molecule has 3 rings (SSSR count). The molecule has 1 aromatic heterocycles. The van der Waals surface area contributed by atoms with Crippen molar-refractivity contribution in [3.05, 3.63) is 34.9 Å². The number of benzene rings is 1. The lowest BCUT2D eigenvalue weighted by Crippen LogP contribution is -2.33. The molecule has 1 fully saturated rings. The Labute approximate surface area is 160 Å². The number of hydrogen-bond donors (Lipinski definition) is 1. The molecule has 1 aromatic carbocycles. The summed E-state index contributed by atoms with van der Waals surface area (Å²) in [5.41, 5.74) is 2.14. The van der Waals surface area contributed by atoms with Crippen molar-refractivity contribution in [1.82, 2.24) is 9.88 Å². The zero-order valence-corrected chi connectivity index (χ0v) is 16.5. The number of pyridine rings is 1. The van der Waals surface area contributed by atoms with Crippen LogP contribution in [0.4, 0.5) is 5.82 Å². The molecule has 6 heteroatoms. The Balaban J connectivity index is 1.77. The van der Waals surface area contributed by atoms with Crippen LogP contribution in [0.3, 0.4) is 0 Å². The van der Waals surface area contributed by atoms with E-state index in [4.69, 9.17) is 21.3 Å². The number of aryl methyl sites for hydroxylation is 1. The molecular formula is C20H28ClN3O2. The predicted molar refractivity (Wildman–Crippen MR) is 107 cm³/mol. The minimum absolute atomic E-state index is 0.210. The number of aliphatic hydroxyl groups excluding tert-OH is 1. The van der Waals surface area contributed by atoms with Crippen molar-refractivity contribution in [2.24, 2.45) is 11.8 Å². The molecule has 2 aromatic rings. The van der Waals surface area contributed by atoms with Gasteiger partial charge in [0.1, 0.15) is 5.82 Å². The van der Waals surface area contributed by atoms with Crippen LogP contribution in [0.15, 0.2) is 24.3 Å². The molecule has 0 bridgehead atoms. The van der Waals surface area contributed by atoms with E-state index < -0.39 is 0 Å². The van der Waals surface area contributed by atoms with Gasteiger partial charge in [-0.25, -0.2) is 4.98 Å². The Morgan fingerprint density at radius 1 is 1.31 bits per heavy atom. The Bertz CT molecular complexity index is 755. The molecule has 1 saturated heterocycles. The van der Waals surface area contributed by atoms with E-state index in [2.05, 4.69) is 29.8 Å². The average molecular weight is 378 g/mol. The number of anilines is 1. The SMILES string of the molecule is COCCN(C)C[C@@H]1CN(c2cc(C)c3cc(Cl)ccc3n2)C[C@@H]1CO. The van der Waals surface area contributed by atoms with E-state index in [1.54, 1.807) is 7.11 Å². The number of aromatic nitrogens is 1. The van der Waals surface area contributed by atoms with Gasteiger partial charge in [0.25, 0.3) is 0 Å². The molecule has 0 saturated carbocycles. The van der Waals surface area contributed by atoms with Crippen molar-refractivity contribution in [2.75, 3.05) is 58.5 Å². The predicted octanol–water partition coefficient (Wildman–Crippen LogP) is 2.82. The monoisotopic (exact) mass is 377 g/mol. The van der Waals surface area contributed by atoms with E-state index >= 15 is 0 Å². The first-order valence-electron chi connectivity index (χ1n) is 9.12. The number of fused-ring (bicyclic) bond motifs is 1. The van der Waals surface area contributed by atoms with Crippen LogP contribution >= 0.6 is 11.6 Å². The summed E-state index contributed by atoms with van der Waals surface area (Å²) in [6.45, 7) is 6.64. The van der Waals surface area contributed by atoms with Gasteiger partial charge in [0.15, 0.2) is 0 Å². The second kappa shape index (κ2) is 8.53. The maximum absolute atomic E-state index is 9.84. The molecule has 0 unspecified atom stereocenters. The Morgan fingerprint density at radius 2 is 2.08 bits per heavy atom. The van der Waals surface area contributed by atoms with Gasteiger partial charge in [-0.2, -0.15) is 0 Å². The lowest BCUT2D eigenvalue weighted by Gasteiger charge is -2.23. The minimum Gasteiger partial charge on any atom is -0.396 e. The van der Waals surface area contributed by atoms with Crippen LogP contribution in [0.25, 0.3) is 10.9 Å². The third-order valence-corrected chi connectivity index (χ3v) is 5.56. The van der Waals surface area contributed by atoms with Crippen molar-refractivity contribution in [3.63, 3.8) is 0 Å². The summed E-state index contributed by atoms with van der Waals surface area (Å²) in [5, 5.41) is 11.7. The quantitative estimate of drug-likeness (QED) is 0.804. The number of hydrogen-bond acceptors (Lipinski definition) is 5. The molecule has 2 heterocycles. The largest absolute Gasteiger partial charge is 0.396 e. The molecule has 0 radical (unpaired) electrons. The standard InChI is InChI=1S/C20H28ClN3O2/c1-14-8-20(22-19-5-4-17(21)9-18(14)19)24-11-15(16(12-24)13-25)10-23(2)6-7-26-3/h4-5,8-9,15-16,25H,6-7,10-13H2,1-3H3/t15-,16-/m1/s1. The highest BCUT2D eigenvalue weighted by atomic mass is 35.5. The third kappa shape index (κ3) is 4.29. The molecule has 5 nitrogen and oxygen atoms in total. The van der Waals surface area contributed by atoms with Crippen molar-refractivity contribution in [2.45, 2.75) is 6.92 Å². The highest BCUT2D eigenvalue weighted by Gasteiger charge is 2.33. The van der Waals surface area contributed by atoms with Crippen molar-refractivity contribution in [3.8, 4) is 0 Å². The number of methoxy groups -OCH3 is 1. The summed E-state index contributed by atoms with van der Waals surface area (Å²) < 4.78 is 5.16. The fraction of sp³-hybridized carbons (Fsp3) is 0.550. The topological polar surface area (TPSA) is 48.8 Å². The lowest BCUT2D eigenvalue weighted by molar-refractivity contribution is 0.136. The number of halogens is 1. The Hall–Kier alpha value is -1.40. The molecule has 0 amide bonds. The Morgan fingerprint density at radius 3 is 2.81 bits per heavy atom. The number of ether oxygens (including phenoxy) is 1. The van der Waals surface area contributed by atoms with Crippen LogP contribution in [0.5, 0.6) is 0 Å². The number of rotatable bonds is 7. The van der Waals surface area contributed by atoms with Gasteiger partial charge in [-0.3, -0.25) is 0 Å². The van der Waals surface area contributed by atoms with Crippen LogP contribution < -0.4 is 4.90 Å². The first-order valence-corrected chi connectivity index (χ1v) is 9.49. The molecule has 26 heavy (non-hydrogen) atoms. The highest BCUT2D eigenvalue weighted by Crippen LogP contribution is 2.31. The summed E-state index contributed by atoms with van der Waals surface area (Å²) in [7, 11) is 3.83. The highest BCUT2D eigenvalue weighted by molar-refractivity contribution is 6.31. The molecule has 2 atom stereocenters. The van der Waals surface area contributed by atoms with Crippen molar-refractivity contribution < 1.29 is 9.84 Å². The molecule has 0 spiro atoms. The summed E-state index contributed by atoms with van der Waals surface area (Å²) in [6.07, 6.45) is 0. The van der Waals surface area contributed by atoms with Gasteiger partial charge < -0.3 is 19.6 Å². The zero-order valence-electron chi connectivity index (χ0n) is 15.8. The zero-order chi connectivity index (χ0) is 18.7. The lowest BCUT2D eigenvalue weighted by atomic mass is 9.96. The van der Waals surface area contributed by atoms with Gasteiger partial charge in [-0.1, -0.05) is 11.6 Å². The van der Waals surface area contributed by atoms with Gasteiger partial charge in [-0.05, 0) is 49.7 Å². The fourth-order valence-electron chi connectivity index (χ4n) is 3.79. The molecule has 0 aliphatic carbocycles. The second-order valence-corrected chi connectivity index (χ2v) is 7.76. The van der Waals surface area contributed by atoms with E-state index in [-0.39, 0.29) is 12.5 Å². The number of aliphatic hydroxyl groups is 1. The van der Waals surface area contributed by atoms with Crippen molar-refractivity contribution in [1.29, 1.82) is 0 Å². The number of likely N-dealkylation sites (N-methyl/N-ethyl adjacent to an activating group) is 1. The van der Waals surface area contributed by atoms with Crippen LogP contribution in [0.1, 0.15) is 5.56 Å². The summed E-state index contributed by atoms with van der Waals surface area (Å²) in [4.78, 5) is 9.42. The van der Waals surface area contributed by atoms with E-state index in [1.165, 1.54) is 5.56 Å². The van der Waals surface area contributed by atoms with Gasteiger partial charge in [0.2, 0.25) is 0 Å². The van der Waals surface area contributed by atoms with E-state index in [9.17, 15) is 5.11 Å². The van der Waals surface area contributed by atoms with Gasteiger partial charge in [0, 0.05) is 56.2 Å². The smallest absolute Gasteiger partial charge is 0.129 e. The maximum Gasteiger partial charge on any atom is 0.129 e. The summed E-state index contributed by atoms with van der Waals surface area (Å²) in [6, 6.07) is 7.96. The molecule has 1 aliphatic heterocycles. The minimum atomic E-state index is 0.210. The van der Waals surface area contributed by atoms with E-state index in [1.807, 2.05) is 18.2 Å². The van der Waals surface area contributed by atoms with Crippen LogP contribution in [0, 0.1) is 18.8 Å². The number of nitrogens with zero attached hydrogens (tertiary/aromatic N) is 3. The fourth-order valence-corrected chi connectivity index (χ4v) is 3.96. The van der Waals surface area contributed by atoms with Crippen LogP contribution in [-0.4, -0.2) is 68.5 Å². The maximum atomic E-state index is 9.84. The third-order valence-electron chi connectivity index (χ3n) is 5.32. The first-order chi connectivity index (χ1) is 12.5. The van der Waals surface area contributed by atoms with Crippen molar-refractivity contribution >= 4 is 28.3 Å². The summed E-state index contributed by atoms with van der Waals surface area (Å²) in [5.74, 6) is 1.67. The molecule has 1 N–H and O–H groups in total. The van der Waals surface area contributed by atoms with Crippen LogP contribution in [0.2, 0.25) is 5.02 Å². The Kier molecular flexibility index (Phi) is 6.35. The van der Waals surface area contributed by atoms with Gasteiger partial charge in [-0.15, -0.1) is 0 Å². The average Bonchev–Trinajstić information content (AvgIpc) is 3.03. The van der Waals surface area contributed by atoms with Gasteiger partial charge in [0.05, 0.1) is 12.1 Å². The summed E-state index contributed by atoms with van der Waals surface area (Å²) >= 11 is 6.12. The van der Waals surface area contributed by atoms with E-state index in [0.29, 0.717) is 5.92 Å². The molecule has 1 aliphatic rings. The second-order valence-electron chi connectivity index (χ2n) is 7.32.